The predicted octanol–water partition coefficient (Wildman–Crippen LogP) is 2.21. The van der Waals surface area contributed by atoms with Crippen LogP contribution in [0.25, 0.3) is 0 Å². The van der Waals surface area contributed by atoms with Gasteiger partial charge < -0.3 is 10.1 Å². The lowest BCUT2D eigenvalue weighted by atomic mass is 10.1. The summed E-state index contributed by atoms with van der Waals surface area (Å²) in [6, 6.07) is -0.188. The van der Waals surface area contributed by atoms with Crippen LogP contribution in [0.2, 0.25) is 0 Å². The molecule has 0 heterocycles. The molecule has 0 aromatic heterocycles. The summed E-state index contributed by atoms with van der Waals surface area (Å²) >= 11 is 0. The van der Waals surface area contributed by atoms with Crippen LogP contribution in [-0.4, -0.2) is 25.2 Å². The van der Waals surface area contributed by atoms with Crippen molar-refractivity contribution >= 4 is 5.97 Å². The van der Waals surface area contributed by atoms with Crippen molar-refractivity contribution in [1.82, 2.24) is 5.32 Å². The first-order valence-electron chi connectivity index (χ1n) is 5.36. The topological polar surface area (TPSA) is 38.3 Å². The Balaban J connectivity index is 0. The minimum absolute atomic E-state index is 0.0351. The van der Waals surface area contributed by atoms with Crippen molar-refractivity contribution in [2.45, 2.75) is 53.7 Å². The van der Waals surface area contributed by atoms with E-state index in [9.17, 15) is 4.79 Å². The summed E-state index contributed by atoms with van der Waals surface area (Å²) in [5.74, 6) is 0.101. The van der Waals surface area contributed by atoms with Gasteiger partial charge in [-0.1, -0.05) is 27.7 Å². The van der Waals surface area contributed by atoms with Gasteiger partial charge in [-0.15, -0.1) is 0 Å². The Kier molecular flexibility index (Phi) is 10.2. The van der Waals surface area contributed by atoms with E-state index in [1.54, 1.807) is 7.05 Å². The van der Waals surface area contributed by atoms with Crippen molar-refractivity contribution in [1.29, 1.82) is 0 Å². The molecule has 0 fully saturated rings. The lowest BCUT2D eigenvalue weighted by molar-refractivity contribution is -0.151. The smallest absolute Gasteiger partial charge is 0.323 e. The number of ether oxygens (including phenoxy) is 1. The molecule has 3 nitrogen and oxygen atoms in total. The van der Waals surface area contributed by atoms with Gasteiger partial charge in [-0.2, -0.15) is 0 Å². The van der Waals surface area contributed by atoms with Gasteiger partial charge in [0.15, 0.2) is 0 Å². The van der Waals surface area contributed by atoms with Crippen LogP contribution in [0.1, 0.15) is 41.5 Å². The molecule has 0 saturated carbocycles. The zero-order valence-electron chi connectivity index (χ0n) is 10.5. The molecule has 0 aliphatic heterocycles. The molecule has 14 heavy (non-hydrogen) atoms. The van der Waals surface area contributed by atoms with Gasteiger partial charge in [-0.05, 0) is 26.8 Å². The van der Waals surface area contributed by atoms with E-state index >= 15 is 0 Å². The molecule has 3 heteroatoms. The molecule has 0 aliphatic rings. The van der Waals surface area contributed by atoms with Gasteiger partial charge in [0, 0.05) is 0 Å². The second-order valence-electron chi connectivity index (χ2n) is 3.50. The van der Waals surface area contributed by atoms with Gasteiger partial charge in [0.2, 0.25) is 0 Å². The second-order valence-corrected chi connectivity index (χ2v) is 3.50. The Bertz CT molecular complexity index is 144. The van der Waals surface area contributed by atoms with Crippen LogP contribution >= 0.6 is 0 Å². The molecule has 0 bridgehead atoms. The van der Waals surface area contributed by atoms with Crippen molar-refractivity contribution < 1.29 is 9.53 Å². The van der Waals surface area contributed by atoms with Gasteiger partial charge in [0.25, 0.3) is 0 Å². The fraction of sp³-hybridized carbons (Fsp3) is 0.909. The highest BCUT2D eigenvalue weighted by atomic mass is 16.5. The Labute approximate surface area is 88.2 Å². The monoisotopic (exact) mass is 203 g/mol. The molecule has 0 saturated heterocycles. The maximum absolute atomic E-state index is 11.3. The first-order chi connectivity index (χ1) is 6.49. The second kappa shape index (κ2) is 9.00. The van der Waals surface area contributed by atoms with E-state index < -0.39 is 0 Å². The van der Waals surface area contributed by atoms with E-state index in [4.69, 9.17) is 4.74 Å². The fourth-order valence-corrected chi connectivity index (χ4v) is 1.03. The molecule has 1 atom stereocenters. The van der Waals surface area contributed by atoms with Crippen LogP contribution in [0.4, 0.5) is 0 Å². The van der Waals surface area contributed by atoms with E-state index in [1.807, 2.05) is 41.5 Å². The SMILES string of the molecule is CC.CN[C@@H](C(=O)OC(C)C)C(C)C. The Hall–Kier alpha value is -0.570. The Morgan fingerprint density at radius 2 is 1.57 bits per heavy atom. The molecular weight excluding hydrogens is 178 g/mol. The van der Waals surface area contributed by atoms with E-state index in [0.29, 0.717) is 0 Å². The summed E-state index contributed by atoms with van der Waals surface area (Å²) in [5.41, 5.74) is 0. The van der Waals surface area contributed by atoms with Crippen molar-refractivity contribution in [3.05, 3.63) is 0 Å². The average molecular weight is 203 g/mol. The molecule has 1 N–H and O–H groups in total. The molecule has 0 spiro atoms. The summed E-state index contributed by atoms with van der Waals surface area (Å²) in [4.78, 5) is 11.3. The molecule has 0 aromatic carbocycles. The van der Waals surface area contributed by atoms with E-state index in [-0.39, 0.29) is 24.0 Å². The van der Waals surface area contributed by atoms with Crippen LogP contribution in [0.3, 0.4) is 0 Å². The van der Waals surface area contributed by atoms with E-state index in [1.165, 1.54) is 0 Å². The van der Waals surface area contributed by atoms with Crippen molar-refractivity contribution in [2.24, 2.45) is 5.92 Å². The molecule has 0 unspecified atom stereocenters. The number of esters is 1. The van der Waals surface area contributed by atoms with Crippen LogP contribution < -0.4 is 5.32 Å². The first-order valence-corrected chi connectivity index (χ1v) is 5.36. The standard InChI is InChI=1S/C9H19NO2.C2H6/c1-6(2)8(10-5)9(11)12-7(3)4;1-2/h6-8,10H,1-5H3;1-2H3/t8-;/m1./s1. The first kappa shape index (κ1) is 15.9. The summed E-state index contributed by atoms with van der Waals surface area (Å²) in [7, 11) is 1.77. The highest BCUT2D eigenvalue weighted by Crippen LogP contribution is 2.04. The highest BCUT2D eigenvalue weighted by molar-refractivity contribution is 5.76. The fourth-order valence-electron chi connectivity index (χ4n) is 1.03. The van der Waals surface area contributed by atoms with E-state index in [2.05, 4.69) is 5.32 Å². The number of likely N-dealkylation sites (N-methyl/N-ethyl adjacent to an activating group) is 1. The summed E-state index contributed by atoms with van der Waals surface area (Å²) in [6.07, 6.45) is -0.0351. The third-order valence-electron chi connectivity index (χ3n) is 1.58. The lowest BCUT2D eigenvalue weighted by Gasteiger charge is -2.19. The zero-order valence-corrected chi connectivity index (χ0v) is 10.5. The minimum Gasteiger partial charge on any atom is -0.462 e. The number of nitrogens with one attached hydrogen (secondary N) is 1. The number of hydrogen-bond acceptors (Lipinski definition) is 3. The molecule has 0 aliphatic carbocycles. The third-order valence-corrected chi connectivity index (χ3v) is 1.58. The molecule has 0 aromatic rings. The average Bonchev–Trinajstić information content (AvgIpc) is 2.06. The predicted molar refractivity (Wildman–Crippen MR) is 60.3 cm³/mol. The van der Waals surface area contributed by atoms with Gasteiger partial charge in [0.1, 0.15) is 6.04 Å². The van der Waals surface area contributed by atoms with Crippen molar-refractivity contribution in [2.75, 3.05) is 7.05 Å². The van der Waals surface area contributed by atoms with Gasteiger partial charge in [-0.25, -0.2) is 0 Å². The number of rotatable bonds is 4. The summed E-state index contributed by atoms with van der Waals surface area (Å²) in [5, 5.41) is 2.93. The molecular formula is C11H25NO2. The normalized spacial score (nSPS) is 12.1. The van der Waals surface area contributed by atoms with Crippen LogP contribution in [0.5, 0.6) is 0 Å². The zero-order chi connectivity index (χ0) is 11.7. The molecule has 0 rings (SSSR count). The van der Waals surface area contributed by atoms with Crippen molar-refractivity contribution in [3.8, 4) is 0 Å². The number of carbonyl (C=O) groups is 1. The van der Waals surface area contributed by atoms with Gasteiger partial charge in [0.05, 0.1) is 6.10 Å². The van der Waals surface area contributed by atoms with Crippen LogP contribution in [0.15, 0.2) is 0 Å². The largest absolute Gasteiger partial charge is 0.462 e. The molecule has 0 amide bonds. The van der Waals surface area contributed by atoms with E-state index in [0.717, 1.165) is 0 Å². The lowest BCUT2D eigenvalue weighted by Crippen LogP contribution is -2.40. The van der Waals surface area contributed by atoms with Crippen molar-refractivity contribution in [3.63, 3.8) is 0 Å². The Morgan fingerprint density at radius 3 is 1.79 bits per heavy atom. The maximum atomic E-state index is 11.3. The third kappa shape index (κ3) is 6.89. The van der Waals surface area contributed by atoms with Crippen LogP contribution in [0, 0.1) is 5.92 Å². The highest BCUT2D eigenvalue weighted by Gasteiger charge is 2.21. The summed E-state index contributed by atoms with van der Waals surface area (Å²) < 4.78 is 5.06. The minimum atomic E-state index is -0.188. The van der Waals surface area contributed by atoms with Gasteiger partial charge >= 0.3 is 5.97 Å². The number of carbonyl (C=O) groups excluding carboxylic acids is 1. The van der Waals surface area contributed by atoms with Crippen LogP contribution in [-0.2, 0) is 9.53 Å². The summed E-state index contributed by atoms with van der Waals surface area (Å²) in [6.45, 7) is 11.7. The van der Waals surface area contributed by atoms with Gasteiger partial charge in [-0.3, -0.25) is 4.79 Å². The Morgan fingerprint density at radius 1 is 1.14 bits per heavy atom. The quantitative estimate of drug-likeness (QED) is 0.712. The number of hydrogen-bond donors (Lipinski definition) is 1. The molecule has 0 radical (unpaired) electrons. The molecule has 86 valence electrons. The maximum Gasteiger partial charge on any atom is 0.323 e.